The zero-order valence-corrected chi connectivity index (χ0v) is 16.1. The maximum atomic E-state index is 4.94. The molecule has 0 radical (unpaired) electrons. The molecule has 0 aromatic rings. The summed E-state index contributed by atoms with van der Waals surface area (Å²) >= 11 is -0.181. The number of hydrogen-bond donors (Lipinski definition) is 0. The second-order valence-electron chi connectivity index (χ2n) is 4.52. The Hall–Kier alpha value is 0.992. The van der Waals surface area contributed by atoms with Crippen LogP contribution in [0.25, 0.3) is 0 Å². The van der Waals surface area contributed by atoms with Gasteiger partial charge in [-0.05, 0) is 38.5 Å². The third kappa shape index (κ3) is 29.6. The Labute approximate surface area is 146 Å². The van der Waals surface area contributed by atoms with Crippen molar-refractivity contribution in [2.45, 2.75) is 51.9 Å². The Morgan fingerprint density at radius 1 is 0.714 bits per heavy atom. The van der Waals surface area contributed by atoms with Crippen molar-refractivity contribution in [3.05, 3.63) is 6.92 Å². The Bertz CT molecular complexity index is 105. The van der Waals surface area contributed by atoms with Crippen LogP contribution < -0.4 is 0 Å². The molecule has 3 aliphatic rings. The van der Waals surface area contributed by atoms with E-state index in [1.54, 1.807) is 0 Å². The molecule has 3 saturated heterocycles. The molecule has 6 heteroatoms. The second-order valence-corrected chi connectivity index (χ2v) is 6.62. The number of rotatable bonds is 0. The first-order valence-corrected chi connectivity index (χ1v) is 11.3. The number of halogens is 2. The van der Waals surface area contributed by atoms with Crippen LogP contribution in [0.5, 0.6) is 0 Å². The van der Waals surface area contributed by atoms with Gasteiger partial charge in [0, 0.05) is 39.6 Å². The molecule has 0 spiro atoms. The molecule has 3 fully saturated rings. The van der Waals surface area contributed by atoms with Crippen molar-refractivity contribution in [2.75, 3.05) is 39.6 Å². The van der Waals surface area contributed by atoms with E-state index < -0.39 is 0 Å². The van der Waals surface area contributed by atoms with Gasteiger partial charge in [-0.15, -0.1) is 0 Å². The first-order valence-electron chi connectivity index (χ1n) is 7.75. The van der Waals surface area contributed by atoms with E-state index in [-0.39, 0.29) is 13.4 Å². The topological polar surface area (TPSA) is 27.7 Å². The van der Waals surface area contributed by atoms with E-state index in [2.05, 4.69) is 6.92 Å². The molecule has 0 unspecified atom stereocenters. The van der Waals surface area contributed by atoms with Crippen LogP contribution >= 0.6 is 20.1 Å². The second kappa shape index (κ2) is 25.9. The van der Waals surface area contributed by atoms with Crippen LogP contribution in [0.3, 0.4) is 0 Å². The average Bonchev–Trinajstić information content (AvgIpc) is 3.26. The molecule has 129 valence electrons. The minimum atomic E-state index is -0.181. The fraction of sp³-hybridized carbons (Fsp3) is 0.933. The number of hydrogen-bond acceptors (Lipinski definition) is 3. The molecule has 0 saturated carbocycles. The van der Waals surface area contributed by atoms with Crippen molar-refractivity contribution in [3.8, 4) is 0 Å². The third-order valence-corrected chi connectivity index (χ3v) is 2.48. The monoisotopic (exact) mass is 381 g/mol. The van der Waals surface area contributed by atoms with E-state index in [9.17, 15) is 0 Å². The molecule has 0 atom stereocenters. The molecule has 0 aromatic carbocycles. The molecule has 3 aliphatic heterocycles. The van der Waals surface area contributed by atoms with Gasteiger partial charge in [0.1, 0.15) is 0 Å². The van der Waals surface area contributed by atoms with E-state index in [0.717, 1.165) is 46.1 Å². The van der Waals surface area contributed by atoms with Crippen LogP contribution in [0, 0.1) is 6.92 Å². The predicted molar refractivity (Wildman–Crippen MR) is 87.5 cm³/mol. The van der Waals surface area contributed by atoms with Crippen LogP contribution in [0.15, 0.2) is 0 Å². The van der Waals surface area contributed by atoms with Crippen molar-refractivity contribution in [1.29, 1.82) is 0 Å². The summed E-state index contributed by atoms with van der Waals surface area (Å²) in [6, 6.07) is 0. The Morgan fingerprint density at radius 3 is 0.905 bits per heavy atom. The van der Waals surface area contributed by atoms with Crippen LogP contribution in [0.4, 0.5) is 0 Å². The molecule has 21 heavy (non-hydrogen) atoms. The summed E-state index contributed by atoms with van der Waals surface area (Å²) in [6.45, 7) is 11.5. The van der Waals surface area contributed by atoms with E-state index in [0.29, 0.717) is 0 Å². The van der Waals surface area contributed by atoms with E-state index >= 15 is 0 Å². The summed E-state index contributed by atoms with van der Waals surface area (Å²) in [5.41, 5.74) is 0. The van der Waals surface area contributed by atoms with E-state index in [1.807, 2.05) is 6.92 Å². The van der Waals surface area contributed by atoms with Crippen LogP contribution in [-0.2, 0) is 27.6 Å². The van der Waals surface area contributed by atoms with Crippen molar-refractivity contribution in [2.24, 2.45) is 0 Å². The standard InChI is InChI=1S/3C4H8O.C3H7.2ClH.Cr/c3*1-2-4-5-3-1;1-3-2;;;/h3*1-4H2;1,3H2,2H3;2*1H;/q;;;-1;;;+3/p-2. The summed E-state index contributed by atoms with van der Waals surface area (Å²) in [4.78, 5) is 0. The Balaban J connectivity index is 0. The quantitative estimate of drug-likeness (QED) is 0.552. The summed E-state index contributed by atoms with van der Waals surface area (Å²) in [6.07, 6.45) is 8.67. The van der Waals surface area contributed by atoms with Gasteiger partial charge in [0.2, 0.25) is 0 Å². The normalized spacial score (nSPS) is 18.7. The van der Waals surface area contributed by atoms with Crippen molar-refractivity contribution < 1.29 is 27.6 Å². The first-order chi connectivity index (χ1) is 10.3. The van der Waals surface area contributed by atoms with Gasteiger partial charge in [-0.2, -0.15) is 6.42 Å². The van der Waals surface area contributed by atoms with Crippen LogP contribution in [0.2, 0.25) is 0 Å². The molecule has 0 bridgehead atoms. The van der Waals surface area contributed by atoms with Gasteiger partial charge < -0.3 is 21.1 Å². The molecular formula is C15H31Cl2CrO3. The average molecular weight is 382 g/mol. The summed E-state index contributed by atoms with van der Waals surface area (Å²) in [5, 5.41) is 0. The van der Waals surface area contributed by atoms with Gasteiger partial charge in [0.05, 0.1) is 0 Å². The van der Waals surface area contributed by atoms with Crippen molar-refractivity contribution >= 4 is 20.1 Å². The van der Waals surface area contributed by atoms with Gasteiger partial charge in [-0.3, -0.25) is 0 Å². The molecule has 0 amide bonds. The summed E-state index contributed by atoms with van der Waals surface area (Å²) in [5.74, 6) is 0. The van der Waals surface area contributed by atoms with E-state index in [1.165, 1.54) is 38.5 Å². The third-order valence-electron chi connectivity index (χ3n) is 2.48. The molecule has 3 heterocycles. The molecule has 0 aliphatic carbocycles. The minimum absolute atomic E-state index is 0.181. The zero-order chi connectivity index (χ0) is 16.0. The van der Waals surface area contributed by atoms with Gasteiger partial charge >= 0.3 is 33.5 Å². The molecule has 0 aromatic heterocycles. The predicted octanol–water partition coefficient (Wildman–Crippen LogP) is 5.00. The fourth-order valence-corrected chi connectivity index (χ4v) is 1.53. The summed E-state index contributed by atoms with van der Waals surface area (Å²) < 4.78 is 14.8. The van der Waals surface area contributed by atoms with Crippen LogP contribution in [-0.4, -0.2) is 39.6 Å². The summed E-state index contributed by atoms with van der Waals surface area (Å²) in [7, 11) is 9.65. The van der Waals surface area contributed by atoms with Gasteiger partial charge in [0.15, 0.2) is 0 Å². The van der Waals surface area contributed by atoms with Crippen molar-refractivity contribution in [3.63, 3.8) is 0 Å². The maximum absolute atomic E-state index is 4.94. The van der Waals surface area contributed by atoms with Gasteiger partial charge in [-0.25, -0.2) is 0 Å². The fourth-order valence-electron chi connectivity index (χ4n) is 1.53. The van der Waals surface area contributed by atoms with Crippen LogP contribution in [0.1, 0.15) is 51.9 Å². The number of ether oxygens (including phenoxy) is 3. The first kappa shape index (κ1) is 24.2. The molecule has 3 rings (SSSR count). The Morgan fingerprint density at radius 2 is 0.857 bits per heavy atom. The molecular weight excluding hydrogens is 351 g/mol. The van der Waals surface area contributed by atoms with Gasteiger partial charge in [0.25, 0.3) is 0 Å². The zero-order valence-electron chi connectivity index (χ0n) is 13.3. The molecule has 3 nitrogen and oxygen atoms in total. The van der Waals surface area contributed by atoms with Crippen molar-refractivity contribution in [1.82, 2.24) is 0 Å². The SMILES string of the molecule is C1CCOC1.C1CCOC1.C1CCOC1.[CH2-]CC.[Cl][Cr+][Cl]. The van der Waals surface area contributed by atoms with Gasteiger partial charge in [-0.1, -0.05) is 6.92 Å². The Kier molecular flexibility index (Phi) is 29.9. The molecule has 0 N–H and O–H groups in total. The van der Waals surface area contributed by atoms with E-state index in [4.69, 9.17) is 34.3 Å².